The highest BCUT2D eigenvalue weighted by Crippen LogP contribution is 2.48. The summed E-state index contributed by atoms with van der Waals surface area (Å²) in [6, 6.07) is 0. The van der Waals surface area contributed by atoms with Gasteiger partial charge in [-0.3, -0.25) is 0 Å². The van der Waals surface area contributed by atoms with Gasteiger partial charge in [0, 0.05) is 12.5 Å². The zero-order valence-corrected chi connectivity index (χ0v) is 27.2. The number of rotatable bonds is 15. The summed E-state index contributed by atoms with van der Waals surface area (Å²) < 4.78 is 0. The summed E-state index contributed by atoms with van der Waals surface area (Å²) in [5, 5.41) is 17.0. The predicted molar refractivity (Wildman–Crippen MR) is 172 cm³/mol. The van der Waals surface area contributed by atoms with Crippen molar-refractivity contribution in [2.45, 2.75) is 140 Å². The number of aliphatic hydroxyl groups excluding tert-OH is 2. The van der Waals surface area contributed by atoms with Crippen molar-refractivity contribution >= 4 is 0 Å². The van der Waals surface area contributed by atoms with Gasteiger partial charge < -0.3 is 10.2 Å². The molecule has 0 aliphatic rings. The van der Waals surface area contributed by atoms with Crippen molar-refractivity contribution in [2.24, 2.45) is 5.41 Å². The van der Waals surface area contributed by atoms with E-state index in [0.717, 1.165) is 25.5 Å². The standard InChI is InChI=1S/C29H48O.C3H8.C2H6.CH4O/c1-10-14-16-18-20-29(19-17-15-11-2,27(13-4)21-24(7)12-3)28(23(5)6)22-25(8)26(9)30;1-3-2;2*1-2/h12-13,21-22,30H,4,9-11,14-20H2,1-3,5-8H3;3H2,1-2H3;1-2H3;2H,1H3/b24-12-,25-22-,27-21+;;;. The van der Waals surface area contributed by atoms with E-state index in [1.165, 1.54) is 73.7 Å². The fraction of sp³-hybridized carbons (Fsp3) is 0.657. The van der Waals surface area contributed by atoms with Crippen LogP contribution in [0.25, 0.3) is 0 Å². The van der Waals surface area contributed by atoms with Crippen LogP contribution in [0.4, 0.5) is 0 Å². The molecule has 37 heavy (non-hydrogen) atoms. The fourth-order valence-electron chi connectivity index (χ4n) is 4.15. The first-order valence-corrected chi connectivity index (χ1v) is 14.8. The first-order valence-electron chi connectivity index (χ1n) is 14.8. The van der Waals surface area contributed by atoms with Gasteiger partial charge >= 0.3 is 0 Å². The lowest BCUT2D eigenvalue weighted by atomic mass is 9.65. The normalized spacial score (nSPS) is 12.9. The second-order valence-electron chi connectivity index (χ2n) is 9.58. The first kappa shape index (κ1) is 42.3. The average Bonchev–Trinajstić information content (AvgIpc) is 2.89. The maximum atomic E-state index is 10.0. The van der Waals surface area contributed by atoms with Crippen LogP contribution in [0.1, 0.15) is 140 Å². The molecule has 0 aliphatic carbocycles. The van der Waals surface area contributed by atoms with Crippen LogP contribution in [0.5, 0.6) is 0 Å². The molecule has 0 aromatic carbocycles. The lowest BCUT2D eigenvalue weighted by Gasteiger charge is -2.39. The third-order valence-corrected chi connectivity index (χ3v) is 6.15. The van der Waals surface area contributed by atoms with Crippen LogP contribution < -0.4 is 0 Å². The largest absolute Gasteiger partial charge is 0.508 e. The Kier molecular flexibility index (Phi) is 32.9. The number of hydrogen-bond acceptors (Lipinski definition) is 2. The molecule has 0 radical (unpaired) electrons. The fourth-order valence-corrected chi connectivity index (χ4v) is 4.15. The van der Waals surface area contributed by atoms with E-state index >= 15 is 0 Å². The molecule has 0 saturated heterocycles. The summed E-state index contributed by atoms with van der Waals surface area (Å²) in [5.74, 6) is 0.149. The molecular formula is C35H66O2. The summed E-state index contributed by atoms with van der Waals surface area (Å²) >= 11 is 0. The molecule has 0 amide bonds. The van der Waals surface area contributed by atoms with Crippen molar-refractivity contribution in [2.75, 3.05) is 7.11 Å². The maximum absolute atomic E-state index is 10.0. The van der Waals surface area contributed by atoms with Crippen molar-refractivity contribution in [3.8, 4) is 0 Å². The third kappa shape index (κ3) is 19.0. The highest BCUT2D eigenvalue weighted by atomic mass is 16.3. The summed E-state index contributed by atoms with van der Waals surface area (Å²) in [6.45, 7) is 31.4. The molecular weight excluding hydrogens is 452 g/mol. The van der Waals surface area contributed by atoms with Gasteiger partial charge in [0.1, 0.15) is 5.76 Å². The minimum absolute atomic E-state index is 0.0928. The second-order valence-corrected chi connectivity index (χ2v) is 9.58. The molecule has 2 N–H and O–H groups in total. The summed E-state index contributed by atoms with van der Waals surface area (Å²) in [4.78, 5) is 0. The van der Waals surface area contributed by atoms with Crippen LogP contribution in [0.15, 0.2) is 71.1 Å². The zero-order chi connectivity index (χ0) is 29.9. The third-order valence-electron chi connectivity index (χ3n) is 6.15. The zero-order valence-electron chi connectivity index (χ0n) is 27.2. The van der Waals surface area contributed by atoms with Gasteiger partial charge in [-0.2, -0.15) is 0 Å². The van der Waals surface area contributed by atoms with Crippen molar-refractivity contribution in [1.82, 2.24) is 0 Å². The van der Waals surface area contributed by atoms with Gasteiger partial charge in [-0.1, -0.05) is 142 Å². The Morgan fingerprint density at radius 1 is 0.784 bits per heavy atom. The van der Waals surface area contributed by atoms with Gasteiger partial charge in [-0.15, -0.1) is 0 Å². The van der Waals surface area contributed by atoms with Crippen molar-refractivity contribution in [3.63, 3.8) is 0 Å². The van der Waals surface area contributed by atoms with Crippen molar-refractivity contribution < 1.29 is 10.2 Å². The summed E-state index contributed by atoms with van der Waals surface area (Å²) in [7, 11) is 1.00. The van der Waals surface area contributed by atoms with E-state index < -0.39 is 0 Å². The Labute approximate surface area is 234 Å². The van der Waals surface area contributed by atoms with Gasteiger partial charge in [0.05, 0.1) is 0 Å². The smallest absolute Gasteiger partial charge is 0.111 e. The van der Waals surface area contributed by atoms with Gasteiger partial charge in [0.2, 0.25) is 0 Å². The number of hydrogen-bond donors (Lipinski definition) is 2. The van der Waals surface area contributed by atoms with Crippen LogP contribution in [0.2, 0.25) is 0 Å². The Bertz CT molecular complexity index is 684. The van der Waals surface area contributed by atoms with Crippen molar-refractivity contribution in [3.05, 3.63) is 71.1 Å². The number of allylic oxidation sites excluding steroid dienone is 9. The molecule has 2 heteroatoms. The molecule has 0 heterocycles. The molecule has 1 unspecified atom stereocenters. The first-order chi connectivity index (χ1) is 17.6. The van der Waals surface area contributed by atoms with Gasteiger partial charge in [-0.25, -0.2) is 0 Å². The summed E-state index contributed by atoms with van der Waals surface area (Å²) in [5.41, 5.74) is 5.93. The molecule has 0 aromatic heterocycles. The predicted octanol–water partition coefficient (Wildman–Crippen LogP) is 12.0. The Balaban J connectivity index is -0.000000703. The Morgan fingerprint density at radius 2 is 1.22 bits per heavy atom. The van der Waals surface area contributed by atoms with Crippen LogP contribution in [-0.2, 0) is 0 Å². The molecule has 0 spiro atoms. The molecule has 0 aromatic rings. The molecule has 2 nitrogen and oxygen atoms in total. The maximum Gasteiger partial charge on any atom is 0.111 e. The number of aliphatic hydroxyl groups is 2. The molecule has 1 atom stereocenters. The van der Waals surface area contributed by atoms with E-state index in [1.807, 2.05) is 20.8 Å². The minimum Gasteiger partial charge on any atom is -0.508 e. The summed E-state index contributed by atoms with van der Waals surface area (Å²) in [6.07, 6.45) is 20.8. The van der Waals surface area contributed by atoms with Gasteiger partial charge in [0.25, 0.3) is 0 Å². The van der Waals surface area contributed by atoms with E-state index in [9.17, 15) is 5.11 Å². The second kappa shape index (κ2) is 28.8. The topological polar surface area (TPSA) is 40.5 Å². The van der Waals surface area contributed by atoms with Gasteiger partial charge in [0.15, 0.2) is 0 Å². The van der Waals surface area contributed by atoms with Crippen LogP contribution in [0.3, 0.4) is 0 Å². The van der Waals surface area contributed by atoms with Crippen LogP contribution in [-0.4, -0.2) is 17.3 Å². The number of unbranched alkanes of at least 4 members (excludes halogenated alkanes) is 5. The molecule has 0 bridgehead atoms. The van der Waals surface area contributed by atoms with E-state index in [4.69, 9.17) is 5.11 Å². The van der Waals surface area contributed by atoms with Crippen LogP contribution in [0, 0.1) is 5.41 Å². The van der Waals surface area contributed by atoms with E-state index in [1.54, 1.807) is 0 Å². The Morgan fingerprint density at radius 3 is 1.57 bits per heavy atom. The van der Waals surface area contributed by atoms with Gasteiger partial charge in [-0.05, 0) is 64.2 Å². The lowest BCUT2D eigenvalue weighted by molar-refractivity contribution is 0.343. The monoisotopic (exact) mass is 519 g/mol. The SMILES string of the molecule is C=C/C(=C\C(C)=C/C)C(CCCCC)(CCCCCC)C(/C=C(/C)C(=C)O)=C(C)C.CC.CCC.CO. The van der Waals surface area contributed by atoms with E-state index in [2.05, 4.69) is 92.9 Å². The molecule has 0 rings (SSSR count). The molecule has 218 valence electrons. The van der Waals surface area contributed by atoms with Crippen LogP contribution >= 0.6 is 0 Å². The Hall–Kier alpha value is -1.80. The van der Waals surface area contributed by atoms with E-state index in [-0.39, 0.29) is 11.2 Å². The average molecular weight is 519 g/mol. The molecule has 0 fully saturated rings. The quantitative estimate of drug-likeness (QED) is 0.128. The highest BCUT2D eigenvalue weighted by Gasteiger charge is 2.36. The lowest BCUT2D eigenvalue weighted by Crippen LogP contribution is -2.27. The van der Waals surface area contributed by atoms with E-state index in [0.29, 0.717) is 0 Å². The molecule has 0 aliphatic heterocycles. The van der Waals surface area contributed by atoms with Crippen molar-refractivity contribution in [1.29, 1.82) is 0 Å². The highest BCUT2D eigenvalue weighted by molar-refractivity contribution is 5.47. The molecule has 0 saturated carbocycles. The minimum atomic E-state index is -0.0928.